The molecule has 0 aliphatic heterocycles. The summed E-state index contributed by atoms with van der Waals surface area (Å²) in [6, 6.07) is 1.70. The van der Waals surface area contributed by atoms with Crippen LogP contribution < -0.4 is 69.3 Å². The molecule has 18 heavy (non-hydrogen) atoms. The van der Waals surface area contributed by atoms with Gasteiger partial charge >= 0.3 is 59.1 Å². The van der Waals surface area contributed by atoms with Gasteiger partial charge in [-0.3, -0.25) is 0 Å². The van der Waals surface area contributed by atoms with E-state index >= 15 is 0 Å². The summed E-state index contributed by atoms with van der Waals surface area (Å²) in [5.74, 6) is -2.63. The van der Waals surface area contributed by atoms with Crippen LogP contribution >= 0.6 is 11.3 Å². The topological polar surface area (TPSA) is 120 Å². The van der Waals surface area contributed by atoms with Gasteiger partial charge in [-0.05, 0) is 12.5 Å². The first-order valence-corrected chi connectivity index (χ1v) is 5.12. The van der Waals surface area contributed by atoms with Crippen molar-refractivity contribution in [2.45, 2.75) is 13.3 Å². The van der Waals surface area contributed by atoms with E-state index in [4.69, 9.17) is 0 Å². The predicted octanol–water partition coefficient (Wildman–Crippen LogP) is -7.13. The third kappa shape index (κ3) is 4.14. The minimum Gasteiger partial charge on any atom is -0.858 e. The molecule has 86 valence electrons. The Hall–Kier alpha value is 0.270. The van der Waals surface area contributed by atoms with Crippen molar-refractivity contribution in [2.75, 3.05) is 0 Å². The van der Waals surface area contributed by atoms with Crippen LogP contribution in [0.25, 0.3) is 10.2 Å². The molecule has 0 unspecified atom stereocenters. The second kappa shape index (κ2) is 8.44. The van der Waals surface area contributed by atoms with Crippen molar-refractivity contribution in [1.29, 1.82) is 0 Å². The monoisotopic (exact) mass is 286 g/mol. The molecular formula is C9H8N2Na2O4S. The fourth-order valence-corrected chi connectivity index (χ4v) is 2.17. The number of aryl methyl sites for hydroxylation is 1. The zero-order chi connectivity index (χ0) is 11.0. The molecule has 0 spiro atoms. The quantitative estimate of drug-likeness (QED) is 0.508. The van der Waals surface area contributed by atoms with E-state index in [0.717, 1.165) is 11.3 Å². The summed E-state index contributed by atoms with van der Waals surface area (Å²) in [4.78, 5) is 19.0. The number of hydrogen-bond donors (Lipinski definition) is 0. The van der Waals surface area contributed by atoms with Gasteiger partial charge < -0.3 is 20.5 Å². The van der Waals surface area contributed by atoms with Crippen molar-refractivity contribution in [3.8, 4) is 5.88 Å². The molecule has 0 saturated heterocycles. The molecule has 0 saturated carbocycles. The van der Waals surface area contributed by atoms with E-state index in [2.05, 4.69) is 9.97 Å². The molecule has 2 N–H and O–H groups in total. The molecule has 2 aromatic rings. The maximum atomic E-state index is 11.4. The average molecular weight is 286 g/mol. The molecule has 0 aliphatic carbocycles. The molecule has 2 aromatic heterocycles. The van der Waals surface area contributed by atoms with Crippen molar-refractivity contribution in [3.05, 3.63) is 16.8 Å². The Morgan fingerprint density at radius 3 is 2.50 bits per heavy atom. The Bertz CT molecular complexity index is 547. The van der Waals surface area contributed by atoms with Gasteiger partial charge in [0.25, 0.3) is 0 Å². The Morgan fingerprint density at radius 2 is 2.00 bits per heavy atom. The fourth-order valence-electron chi connectivity index (χ4n) is 1.21. The summed E-state index contributed by atoms with van der Waals surface area (Å²) >= 11 is 1.30. The van der Waals surface area contributed by atoms with Crippen LogP contribution in [-0.4, -0.2) is 21.4 Å². The summed E-state index contributed by atoms with van der Waals surface area (Å²) in [7, 11) is 0. The van der Waals surface area contributed by atoms with Gasteiger partial charge in [-0.2, -0.15) is 0 Å². The summed E-state index contributed by atoms with van der Waals surface area (Å²) in [5.41, 5.74) is 0. The smallest absolute Gasteiger partial charge is 0.858 e. The number of fused-ring (bicyclic) bond motifs is 1. The molecule has 0 radical (unpaired) electrons. The standard InChI is InChI=1S/C9H8N2O3S.2Na.H2O/c1-2-4-3-5-7(12)10-6(9(13)14)11-8(5)15-4;;;/h3H,2H2,1H3,(H,13,14)(H,10,11,12);;;1H2/q;2*+1;/p-2. The third-order valence-corrected chi connectivity index (χ3v) is 3.11. The second-order valence-electron chi connectivity index (χ2n) is 2.92. The van der Waals surface area contributed by atoms with Crippen LogP contribution in [0, 0.1) is 0 Å². The van der Waals surface area contributed by atoms with E-state index in [1.807, 2.05) is 6.92 Å². The number of aromatic nitrogens is 2. The second-order valence-corrected chi connectivity index (χ2v) is 4.04. The van der Waals surface area contributed by atoms with Gasteiger partial charge in [0.1, 0.15) is 10.8 Å². The Labute approximate surface area is 151 Å². The summed E-state index contributed by atoms with van der Waals surface area (Å²) in [6.07, 6.45) is 0.779. The third-order valence-electron chi connectivity index (χ3n) is 1.94. The van der Waals surface area contributed by atoms with Gasteiger partial charge in [0.2, 0.25) is 0 Å². The number of nitrogens with zero attached hydrogens (tertiary/aromatic N) is 2. The van der Waals surface area contributed by atoms with E-state index < -0.39 is 17.7 Å². The zero-order valence-electron chi connectivity index (χ0n) is 10.3. The van der Waals surface area contributed by atoms with Crippen LogP contribution in [-0.2, 0) is 6.42 Å². The minimum atomic E-state index is -1.53. The van der Waals surface area contributed by atoms with Crippen molar-refractivity contribution >= 4 is 27.5 Å². The maximum absolute atomic E-state index is 11.4. The Kier molecular flexibility index (Phi) is 9.65. The molecular weight excluding hydrogens is 278 g/mol. The Balaban J connectivity index is 0. The predicted molar refractivity (Wildman–Crippen MR) is 54.2 cm³/mol. The van der Waals surface area contributed by atoms with Gasteiger partial charge in [-0.1, -0.05) is 6.92 Å². The van der Waals surface area contributed by atoms with Gasteiger partial charge in [0.15, 0.2) is 5.82 Å². The first-order chi connectivity index (χ1) is 7.11. The van der Waals surface area contributed by atoms with Gasteiger partial charge in [-0.15, -0.1) is 11.3 Å². The number of carboxylic acid groups (broad SMARTS) is 1. The van der Waals surface area contributed by atoms with Crippen LogP contribution in [0.5, 0.6) is 5.88 Å². The van der Waals surface area contributed by atoms with Gasteiger partial charge in [0.05, 0.1) is 0 Å². The van der Waals surface area contributed by atoms with Crippen LogP contribution in [0.1, 0.15) is 22.4 Å². The van der Waals surface area contributed by atoms with Gasteiger partial charge in [0, 0.05) is 16.1 Å². The van der Waals surface area contributed by atoms with Crippen LogP contribution in [0.4, 0.5) is 0 Å². The van der Waals surface area contributed by atoms with E-state index in [-0.39, 0.29) is 64.6 Å². The molecule has 0 amide bonds. The number of aromatic carboxylic acids is 1. The van der Waals surface area contributed by atoms with Crippen LogP contribution in [0.3, 0.4) is 0 Å². The molecule has 6 nitrogen and oxygen atoms in total. The minimum absolute atomic E-state index is 0. The SMILES string of the molecule is CCc1cc2c([O-])nc(C(=O)[O-])nc2s1.O.[Na+].[Na+]. The number of rotatable bonds is 2. The van der Waals surface area contributed by atoms with Crippen molar-refractivity contribution in [3.63, 3.8) is 0 Å². The van der Waals surface area contributed by atoms with Crippen molar-refractivity contribution < 1.29 is 79.6 Å². The van der Waals surface area contributed by atoms with E-state index in [1.54, 1.807) is 6.07 Å². The zero-order valence-corrected chi connectivity index (χ0v) is 15.1. The Morgan fingerprint density at radius 1 is 1.39 bits per heavy atom. The molecule has 9 heteroatoms. The normalized spacial score (nSPS) is 8.94. The number of thiophene rings is 1. The maximum Gasteiger partial charge on any atom is 1.00 e. The first kappa shape index (κ1) is 20.6. The summed E-state index contributed by atoms with van der Waals surface area (Å²) in [5, 5.41) is 22.3. The van der Waals surface area contributed by atoms with Crippen molar-refractivity contribution in [1.82, 2.24) is 9.97 Å². The average Bonchev–Trinajstić information content (AvgIpc) is 2.61. The molecule has 0 fully saturated rings. The summed E-state index contributed by atoms with van der Waals surface area (Å²) in [6.45, 7) is 1.95. The number of carboxylic acids is 1. The largest absolute Gasteiger partial charge is 1.00 e. The molecule has 0 atom stereocenters. The number of carbonyl (C=O) groups is 1. The molecule has 2 rings (SSSR count). The molecule has 0 aromatic carbocycles. The first-order valence-electron chi connectivity index (χ1n) is 4.30. The van der Waals surface area contributed by atoms with Crippen LogP contribution in [0.15, 0.2) is 6.07 Å². The van der Waals surface area contributed by atoms with E-state index in [9.17, 15) is 15.0 Å². The van der Waals surface area contributed by atoms with Crippen molar-refractivity contribution in [2.24, 2.45) is 0 Å². The van der Waals surface area contributed by atoms with Crippen LogP contribution in [0.2, 0.25) is 0 Å². The van der Waals surface area contributed by atoms with Gasteiger partial charge in [-0.25, -0.2) is 9.97 Å². The number of hydrogen-bond acceptors (Lipinski definition) is 6. The molecule has 0 bridgehead atoms. The summed E-state index contributed by atoms with van der Waals surface area (Å²) < 4.78 is 0. The number of carbonyl (C=O) groups excluding carboxylic acids is 1. The fraction of sp³-hybridized carbons (Fsp3) is 0.222. The van der Waals surface area contributed by atoms with E-state index in [0.29, 0.717) is 10.2 Å². The molecule has 2 heterocycles. The van der Waals surface area contributed by atoms with E-state index in [1.165, 1.54) is 11.3 Å². The molecule has 0 aliphatic rings.